The van der Waals surface area contributed by atoms with Gasteiger partial charge in [-0.05, 0) is 91.4 Å². The molecule has 40 heavy (non-hydrogen) atoms. The van der Waals surface area contributed by atoms with Gasteiger partial charge in [0.15, 0.2) is 11.5 Å². The average Bonchev–Trinajstić information content (AvgIpc) is 3.29. The Bertz CT molecular complexity index is 1520. The van der Waals surface area contributed by atoms with Crippen LogP contribution in [0.1, 0.15) is 35.1 Å². The molecule has 3 heterocycles. The zero-order valence-electron chi connectivity index (χ0n) is 22.6. The minimum absolute atomic E-state index is 0.155. The summed E-state index contributed by atoms with van der Waals surface area (Å²) in [7, 11) is 2.25. The van der Waals surface area contributed by atoms with Gasteiger partial charge in [0.05, 0.1) is 12.4 Å². The lowest BCUT2D eigenvalue weighted by Gasteiger charge is -2.60. The first-order valence-corrected chi connectivity index (χ1v) is 14.3. The molecule has 3 aliphatic heterocycles. The lowest BCUT2D eigenvalue weighted by Crippen LogP contribution is -2.66. The number of phenolic OH excluding ortho intramolecular Hbond substituents is 1. The number of nitrogens with zero attached hydrogens (tertiary/aromatic N) is 3. The monoisotopic (exact) mass is 541 g/mol. The van der Waals surface area contributed by atoms with Gasteiger partial charge >= 0.3 is 0 Å². The van der Waals surface area contributed by atoms with E-state index in [4.69, 9.17) is 4.74 Å². The zero-order chi connectivity index (χ0) is 27.2. The molecule has 206 valence electrons. The second kappa shape index (κ2) is 8.79. The second-order valence-corrected chi connectivity index (χ2v) is 12.4. The Balaban J connectivity index is 1.24. The molecule has 4 atom stereocenters. The number of hydrogen-bond donors (Lipinski definition) is 1. The molecule has 2 bridgehead atoms. The Morgan fingerprint density at radius 1 is 0.925 bits per heavy atom. The number of phenols is 1. The van der Waals surface area contributed by atoms with Gasteiger partial charge in [0.1, 0.15) is 17.7 Å². The van der Waals surface area contributed by atoms with Gasteiger partial charge in [-0.25, -0.2) is 8.78 Å². The molecule has 0 radical (unpaired) electrons. The maximum Gasteiger partial charge on any atom is 0.166 e. The van der Waals surface area contributed by atoms with E-state index in [1.54, 1.807) is 6.07 Å². The zero-order valence-corrected chi connectivity index (χ0v) is 22.6. The molecule has 2 aliphatic carbocycles. The fourth-order valence-corrected chi connectivity index (χ4v) is 8.53. The summed E-state index contributed by atoms with van der Waals surface area (Å²) in [6, 6.07) is 17.9. The number of aromatic hydroxyl groups is 1. The summed E-state index contributed by atoms with van der Waals surface area (Å²) in [5, 5.41) is 11.0. The first kappa shape index (κ1) is 24.4. The van der Waals surface area contributed by atoms with Gasteiger partial charge in [-0.2, -0.15) is 0 Å². The third-order valence-corrected chi connectivity index (χ3v) is 10.2. The molecule has 1 saturated heterocycles. The van der Waals surface area contributed by atoms with E-state index < -0.39 is 0 Å². The van der Waals surface area contributed by atoms with Crippen molar-refractivity contribution < 1.29 is 18.6 Å². The topological polar surface area (TPSA) is 39.2 Å². The minimum Gasteiger partial charge on any atom is -0.504 e. The summed E-state index contributed by atoms with van der Waals surface area (Å²) >= 11 is 0. The molecule has 7 heteroatoms. The van der Waals surface area contributed by atoms with Gasteiger partial charge in [0, 0.05) is 36.7 Å². The van der Waals surface area contributed by atoms with E-state index in [1.807, 2.05) is 24.3 Å². The summed E-state index contributed by atoms with van der Waals surface area (Å²) < 4.78 is 34.3. The maximum atomic E-state index is 13.8. The molecule has 5 aliphatic rings. The van der Waals surface area contributed by atoms with E-state index in [0.717, 1.165) is 43.5 Å². The Morgan fingerprint density at radius 2 is 1.62 bits per heavy atom. The molecular weight excluding hydrogens is 508 g/mol. The summed E-state index contributed by atoms with van der Waals surface area (Å²) in [5.41, 5.74) is 7.14. The van der Waals surface area contributed by atoms with E-state index in [2.05, 4.69) is 27.8 Å². The predicted octanol–water partition coefficient (Wildman–Crippen LogP) is 5.18. The van der Waals surface area contributed by atoms with Crippen LogP contribution in [0, 0.1) is 17.6 Å². The van der Waals surface area contributed by atoms with Gasteiger partial charge in [0.2, 0.25) is 0 Å². The Kier molecular flexibility index (Phi) is 5.36. The van der Waals surface area contributed by atoms with Crippen LogP contribution in [0.25, 0.3) is 0 Å². The van der Waals surface area contributed by atoms with Crippen LogP contribution in [0.15, 0.2) is 71.9 Å². The molecule has 3 aromatic rings. The van der Waals surface area contributed by atoms with E-state index in [-0.39, 0.29) is 28.9 Å². The maximum absolute atomic E-state index is 13.8. The fraction of sp³-hybridized carbons (Fsp3) is 0.394. The molecule has 1 unspecified atom stereocenters. The number of piperidine rings is 1. The molecular formula is C33H33F2N3O2. The molecule has 1 fully saturated rings. The SMILES string of the molecule is CN1CC[C@]23c4c5ccc(O)c4OC2C2=C(C[C@H]3[C@H]1C5)CN(Cc1ccc(F)cc1)CN2Cc1ccc(F)cc1. The first-order chi connectivity index (χ1) is 19.4. The number of likely N-dealkylation sites (N-methyl/N-ethyl adjacent to an activating group) is 1. The summed E-state index contributed by atoms with van der Waals surface area (Å²) in [4.78, 5) is 7.36. The van der Waals surface area contributed by atoms with Gasteiger partial charge < -0.3 is 19.6 Å². The van der Waals surface area contributed by atoms with E-state index >= 15 is 0 Å². The molecule has 0 aromatic heterocycles. The Labute approximate surface area is 233 Å². The fourth-order valence-electron chi connectivity index (χ4n) is 8.53. The smallest absolute Gasteiger partial charge is 0.166 e. The molecule has 8 rings (SSSR count). The largest absolute Gasteiger partial charge is 0.504 e. The van der Waals surface area contributed by atoms with Crippen LogP contribution >= 0.6 is 0 Å². The highest BCUT2D eigenvalue weighted by molar-refractivity contribution is 5.63. The normalized spacial score (nSPS) is 28.8. The van der Waals surface area contributed by atoms with Crippen LogP contribution in [-0.4, -0.2) is 58.8 Å². The van der Waals surface area contributed by atoms with E-state index in [0.29, 0.717) is 37.5 Å². The lowest BCUT2D eigenvalue weighted by atomic mass is 9.51. The highest BCUT2D eigenvalue weighted by Gasteiger charge is 2.66. The van der Waals surface area contributed by atoms with Crippen molar-refractivity contribution in [3.05, 3.63) is 106 Å². The van der Waals surface area contributed by atoms with Crippen molar-refractivity contribution in [3.63, 3.8) is 0 Å². The standard InChI is InChI=1S/C33H33F2N3O2/c1-36-13-12-33-26-14-23-18-37(16-20-2-7-24(34)8-3-20)19-38(17-21-4-9-25(35)10-5-21)30(23)32(33)40-31-28(39)11-6-22(29(31)33)15-27(26)36/h2-11,26-27,32,39H,12-19H2,1H3/t26-,27+,32?,33-/m0/s1. The number of likely N-dealkylation sites (tertiary alicyclic amines) is 1. The molecule has 1 N–H and O–H groups in total. The molecule has 3 aromatic carbocycles. The van der Waals surface area contributed by atoms with Gasteiger partial charge in [-0.15, -0.1) is 0 Å². The summed E-state index contributed by atoms with van der Waals surface area (Å²) in [6.07, 6.45) is 2.80. The molecule has 1 spiro atoms. The molecule has 0 amide bonds. The van der Waals surface area contributed by atoms with Crippen molar-refractivity contribution in [2.45, 2.75) is 49.9 Å². The number of benzene rings is 3. The van der Waals surface area contributed by atoms with Crippen molar-refractivity contribution in [2.24, 2.45) is 5.92 Å². The Hall–Kier alpha value is -3.42. The average molecular weight is 542 g/mol. The second-order valence-electron chi connectivity index (χ2n) is 12.4. The van der Waals surface area contributed by atoms with Crippen LogP contribution in [0.5, 0.6) is 11.5 Å². The van der Waals surface area contributed by atoms with Crippen LogP contribution in [0.3, 0.4) is 0 Å². The van der Waals surface area contributed by atoms with Crippen LogP contribution < -0.4 is 4.74 Å². The minimum atomic E-state index is -0.239. The van der Waals surface area contributed by atoms with Gasteiger partial charge in [-0.1, -0.05) is 30.3 Å². The number of halogens is 2. The van der Waals surface area contributed by atoms with Crippen molar-refractivity contribution in [1.82, 2.24) is 14.7 Å². The summed E-state index contributed by atoms with van der Waals surface area (Å²) in [6.45, 7) is 3.87. The van der Waals surface area contributed by atoms with Crippen LogP contribution in [0.4, 0.5) is 8.78 Å². The number of hydrogen-bond acceptors (Lipinski definition) is 5. The molecule has 0 saturated carbocycles. The molecule has 5 nitrogen and oxygen atoms in total. The van der Waals surface area contributed by atoms with Crippen molar-refractivity contribution in [1.29, 1.82) is 0 Å². The van der Waals surface area contributed by atoms with Crippen LogP contribution in [0.2, 0.25) is 0 Å². The highest BCUT2D eigenvalue weighted by Crippen LogP contribution is 2.65. The van der Waals surface area contributed by atoms with Crippen LogP contribution in [-0.2, 0) is 24.9 Å². The highest BCUT2D eigenvalue weighted by atomic mass is 19.1. The number of fused-ring (bicyclic) bond motifs is 1. The first-order valence-electron chi connectivity index (χ1n) is 14.3. The summed E-state index contributed by atoms with van der Waals surface area (Å²) in [5.74, 6) is 0.858. The van der Waals surface area contributed by atoms with E-state index in [1.165, 1.54) is 46.7 Å². The van der Waals surface area contributed by atoms with Crippen molar-refractivity contribution in [3.8, 4) is 11.5 Å². The third kappa shape index (κ3) is 3.50. The predicted molar refractivity (Wildman–Crippen MR) is 148 cm³/mol. The van der Waals surface area contributed by atoms with Crippen molar-refractivity contribution in [2.75, 3.05) is 26.8 Å². The third-order valence-electron chi connectivity index (χ3n) is 10.2. The van der Waals surface area contributed by atoms with Gasteiger partial charge in [0.25, 0.3) is 0 Å². The van der Waals surface area contributed by atoms with E-state index in [9.17, 15) is 13.9 Å². The van der Waals surface area contributed by atoms with Gasteiger partial charge in [-0.3, -0.25) is 4.90 Å². The Morgan fingerprint density at radius 3 is 2.35 bits per heavy atom. The number of rotatable bonds is 4. The number of ether oxygens (including phenoxy) is 1. The van der Waals surface area contributed by atoms with Crippen molar-refractivity contribution >= 4 is 0 Å². The quantitative estimate of drug-likeness (QED) is 0.493. The lowest BCUT2D eigenvalue weighted by molar-refractivity contribution is -0.0344.